The smallest absolute Gasteiger partial charge is 0.119 e. The lowest BCUT2D eigenvalue weighted by molar-refractivity contribution is 0.414. The van der Waals surface area contributed by atoms with E-state index in [0.29, 0.717) is 0 Å². The third-order valence-electron chi connectivity index (χ3n) is 3.26. The zero-order valence-corrected chi connectivity index (χ0v) is 13.9. The highest BCUT2D eigenvalue weighted by atomic mass is 127. The van der Waals surface area contributed by atoms with Gasteiger partial charge in [-0.2, -0.15) is 0 Å². The summed E-state index contributed by atoms with van der Waals surface area (Å²) in [7, 11) is 1.71. The minimum atomic E-state index is 0.935. The van der Waals surface area contributed by atoms with Gasteiger partial charge in [0.25, 0.3) is 0 Å². The van der Waals surface area contributed by atoms with Gasteiger partial charge in [-0.3, -0.25) is 0 Å². The molecule has 0 heterocycles. The molecule has 3 heteroatoms. The van der Waals surface area contributed by atoms with E-state index in [1.54, 1.807) is 7.11 Å². The first-order valence-electron chi connectivity index (χ1n) is 6.86. The Morgan fingerprint density at radius 2 is 1.75 bits per heavy atom. The van der Waals surface area contributed by atoms with Crippen LogP contribution in [-0.2, 0) is 12.8 Å². The van der Waals surface area contributed by atoms with Crippen molar-refractivity contribution in [3.8, 4) is 5.75 Å². The Labute approximate surface area is 134 Å². The minimum absolute atomic E-state index is 0.935. The van der Waals surface area contributed by atoms with Gasteiger partial charge in [-0.1, -0.05) is 30.3 Å². The number of methoxy groups -OCH3 is 1. The number of benzene rings is 2. The van der Waals surface area contributed by atoms with Crippen LogP contribution in [0.4, 0.5) is 0 Å². The number of nitrogens with one attached hydrogen (secondary N) is 1. The van der Waals surface area contributed by atoms with Crippen LogP contribution >= 0.6 is 22.6 Å². The molecule has 106 valence electrons. The number of hydrogen-bond acceptors (Lipinski definition) is 2. The second-order valence-corrected chi connectivity index (χ2v) is 5.86. The molecule has 0 aliphatic rings. The zero-order valence-electron chi connectivity index (χ0n) is 11.7. The molecule has 0 fully saturated rings. The van der Waals surface area contributed by atoms with E-state index in [1.807, 2.05) is 6.07 Å². The highest BCUT2D eigenvalue weighted by Gasteiger charge is 2.02. The van der Waals surface area contributed by atoms with Gasteiger partial charge >= 0.3 is 0 Å². The first kappa shape index (κ1) is 15.3. The van der Waals surface area contributed by atoms with Gasteiger partial charge in [0.2, 0.25) is 0 Å². The number of hydrogen-bond donors (Lipinski definition) is 1. The summed E-state index contributed by atoms with van der Waals surface area (Å²) in [4.78, 5) is 0. The summed E-state index contributed by atoms with van der Waals surface area (Å²) in [6.45, 7) is 2.01. The van der Waals surface area contributed by atoms with Gasteiger partial charge < -0.3 is 10.1 Å². The van der Waals surface area contributed by atoms with Gasteiger partial charge in [0, 0.05) is 3.57 Å². The fraction of sp³-hybridized carbons (Fsp3) is 0.294. The molecule has 2 rings (SSSR count). The van der Waals surface area contributed by atoms with Crippen molar-refractivity contribution >= 4 is 22.6 Å². The topological polar surface area (TPSA) is 21.3 Å². The lowest BCUT2D eigenvalue weighted by Crippen LogP contribution is -2.20. The molecule has 2 aromatic carbocycles. The van der Waals surface area contributed by atoms with Crippen molar-refractivity contribution in [1.82, 2.24) is 5.32 Å². The van der Waals surface area contributed by atoms with Crippen LogP contribution in [0.15, 0.2) is 48.5 Å². The Kier molecular flexibility index (Phi) is 6.33. The summed E-state index contributed by atoms with van der Waals surface area (Å²) in [6.07, 6.45) is 2.11. The number of ether oxygens (including phenoxy) is 1. The van der Waals surface area contributed by atoms with Gasteiger partial charge in [0.15, 0.2) is 0 Å². The van der Waals surface area contributed by atoms with E-state index in [4.69, 9.17) is 4.74 Å². The normalized spacial score (nSPS) is 10.5. The van der Waals surface area contributed by atoms with Crippen LogP contribution in [-0.4, -0.2) is 20.2 Å². The summed E-state index contributed by atoms with van der Waals surface area (Å²) < 4.78 is 6.57. The van der Waals surface area contributed by atoms with Gasteiger partial charge in [-0.25, -0.2) is 0 Å². The van der Waals surface area contributed by atoms with Crippen LogP contribution in [0.25, 0.3) is 0 Å². The van der Waals surface area contributed by atoms with E-state index in [0.717, 1.165) is 31.7 Å². The summed E-state index contributed by atoms with van der Waals surface area (Å²) in [6, 6.07) is 16.8. The lowest BCUT2D eigenvalue weighted by atomic mass is 10.1. The van der Waals surface area contributed by atoms with Gasteiger partial charge in [0.1, 0.15) is 5.75 Å². The Balaban J connectivity index is 1.73. The molecular weight excluding hydrogens is 361 g/mol. The van der Waals surface area contributed by atoms with Crippen LogP contribution < -0.4 is 10.1 Å². The summed E-state index contributed by atoms with van der Waals surface area (Å²) in [5, 5.41) is 3.50. The van der Waals surface area contributed by atoms with Crippen LogP contribution in [0.1, 0.15) is 11.1 Å². The monoisotopic (exact) mass is 381 g/mol. The third kappa shape index (κ3) is 4.80. The van der Waals surface area contributed by atoms with Gasteiger partial charge in [0.05, 0.1) is 7.11 Å². The second kappa shape index (κ2) is 8.27. The first-order valence-corrected chi connectivity index (χ1v) is 7.94. The molecule has 0 saturated carbocycles. The highest BCUT2D eigenvalue weighted by Crippen LogP contribution is 2.19. The molecule has 1 N–H and O–H groups in total. The Bertz CT molecular complexity index is 528. The SMILES string of the molecule is COc1ccc(I)c(CCNCCc2ccccc2)c1. The standard InChI is InChI=1S/C17H20INO/c1-20-16-7-8-17(18)15(13-16)10-12-19-11-9-14-5-3-2-4-6-14/h2-8,13,19H,9-12H2,1H3. The molecule has 0 aromatic heterocycles. The average Bonchev–Trinajstić information content (AvgIpc) is 2.50. The molecule has 0 aliphatic heterocycles. The van der Waals surface area contributed by atoms with Gasteiger partial charge in [-0.15, -0.1) is 0 Å². The average molecular weight is 381 g/mol. The predicted molar refractivity (Wildman–Crippen MR) is 92.4 cm³/mol. The quantitative estimate of drug-likeness (QED) is 0.584. The molecule has 0 amide bonds. The van der Waals surface area contributed by atoms with E-state index in [-0.39, 0.29) is 0 Å². The minimum Gasteiger partial charge on any atom is -0.497 e. The summed E-state index contributed by atoms with van der Waals surface area (Å²) >= 11 is 2.38. The third-order valence-corrected chi connectivity index (χ3v) is 4.31. The molecule has 0 radical (unpaired) electrons. The Morgan fingerprint density at radius 1 is 1.00 bits per heavy atom. The second-order valence-electron chi connectivity index (χ2n) is 4.69. The maximum Gasteiger partial charge on any atom is 0.119 e. The van der Waals surface area contributed by atoms with Crippen molar-refractivity contribution in [3.05, 3.63) is 63.2 Å². The van der Waals surface area contributed by atoms with Crippen molar-refractivity contribution < 1.29 is 4.74 Å². The molecular formula is C17H20INO. The molecule has 0 unspecified atom stereocenters. The van der Waals surface area contributed by atoms with Gasteiger partial charge in [-0.05, 0) is 77.8 Å². The maximum atomic E-state index is 5.27. The van der Waals surface area contributed by atoms with E-state index in [2.05, 4.69) is 70.4 Å². The van der Waals surface area contributed by atoms with E-state index in [1.165, 1.54) is 14.7 Å². The van der Waals surface area contributed by atoms with Crippen molar-refractivity contribution in [3.63, 3.8) is 0 Å². The Morgan fingerprint density at radius 3 is 2.50 bits per heavy atom. The fourth-order valence-electron chi connectivity index (χ4n) is 2.10. The van der Waals surface area contributed by atoms with Crippen LogP contribution in [0, 0.1) is 3.57 Å². The molecule has 0 aliphatic carbocycles. The molecule has 0 bridgehead atoms. The summed E-state index contributed by atoms with van der Waals surface area (Å²) in [5.41, 5.74) is 2.73. The van der Waals surface area contributed by atoms with Crippen LogP contribution in [0.5, 0.6) is 5.75 Å². The fourth-order valence-corrected chi connectivity index (χ4v) is 2.70. The number of halogens is 1. The molecule has 0 atom stereocenters. The van der Waals surface area contributed by atoms with Crippen molar-refractivity contribution in [2.75, 3.05) is 20.2 Å². The lowest BCUT2D eigenvalue weighted by Gasteiger charge is -2.08. The predicted octanol–water partition coefficient (Wildman–Crippen LogP) is 3.67. The highest BCUT2D eigenvalue weighted by molar-refractivity contribution is 14.1. The van der Waals surface area contributed by atoms with E-state index >= 15 is 0 Å². The molecule has 20 heavy (non-hydrogen) atoms. The maximum absolute atomic E-state index is 5.27. The largest absolute Gasteiger partial charge is 0.497 e. The van der Waals surface area contributed by atoms with E-state index < -0.39 is 0 Å². The summed E-state index contributed by atoms with van der Waals surface area (Å²) in [5.74, 6) is 0.935. The van der Waals surface area contributed by atoms with Crippen LogP contribution in [0.3, 0.4) is 0 Å². The molecule has 0 saturated heterocycles. The molecule has 2 nitrogen and oxygen atoms in total. The molecule has 0 spiro atoms. The Hall–Kier alpha value is -1.07. The van der Waals surface area contributed by atoms with Crippen molar-refractivity contribution in [2.24, 2.45) is 0 Å². The first-order chi connectivity index (χ1) is 9.79. The van der Waals surface area contributed by atoms with Crippen molar-refractivity contribution in [1.29, 1.82) is 0 Å². The zero-order chi connectivity index (χ0) is 14.2. The van der Waals surface area contributed by atoms with E-state index in [9.17, 15) is 0 Å². The van der Waals surface area contributed by atoms with Crippen LogP contribution in [0.2, 0.25) is 0 Å². The number of rotatable bonds is 7. The molecule has 2 aromatic rings. The van der Waals surface area contributed by atoms with Crippen molar-refractivity contribution in [2.45, 2.75) is 12.8 Å².